The minimum absolute atomic E-state index is 0.0532. The van der Waals surface area contributed by atoms with Gasteiger partial charge in [0.25, 0.3) is 0 Å². The van der Waals surface area contributed by atoms with Gasteiger partial charge in [-0.25, -0.2) is 4.39 Å². The average Bonchev–Trinajstić information content (AvgIpc) is 2.99. The van der Waals surface area contributed by atoms with Crippen LogP contribution in [0.4, 0.5) is 15.8 Å². The molecule has 4 nitrogen and oxygen atoms in total. The van der Waals surface area contributed by atoms with E-state index in [1.807, 2.05) is 24.3 Å². The predicted octanol–water partition coefficient (Wildman–Crippen LogP) is 3.38. The molecule has 1 fully saturated rings. The minimum atomic E-state index is -0.409. The van der Waals surface area contributed by atoms with Crippen molar-refractivity contribution in [3.63, 3.8) is 0 Å². The van der Waals surface area contributed by atoms with Gasteiger partial charge in [0, 0.05) is 24.3 Å². The Balaban J connectivity index is 1.69. The number of amides is 2. The molecule has 1 heterocycles. The first-order valence-electron chi connectivity index (χ1n) is 8.02. The van der Waals surface area contributed by atoms with Gasteiger partial charge in [-0.15, -0.1) is 0 Å². The van der Waals surface area contributed by atoms with Crippen molar-refractivity contribution in [3.8, 4) is 0 Å². The molecule has 1 aliphatic rings. The average molecular weight is 326 g/mol. The van der Waals surface area contributed by atoms with Crippen LogP contribution in [0.15, 0.2) is 48.5 Å². The van der Waals surface area contributed by atoms with Gasteiger partial charge >= 0.3 is 0 Å². The smallest absolute Gasteiger partial charge is 0.229 e. The lowest BCUT2D eigenvalue weighted by atomic mass is 10.1. The van der Waals surface area contributed by atoms with Crippen LogP contribution in [-0.4, -0.2) is 18.4 Å². The molecule has 124 valence electrons. The molecule has 2 aromatic carbocycles. The Labute approximate surface area is 140 Å². The van der Waals surface area contributed by atoms with Crippen LogP contribution in [0.2, 0.25) is 0 Å². The van der Waals surface area contributed by atoms with E-state index in [0.29, 0.717) is 12.2 Å². The molecular weight excluding hydrogens is 307 g/mol. The van der Waals surface area contributed by atoms with Gasteiger partial charge in [0.15, 0.2) is 0 Å². The molecular formula is C19H19FN2O2. The largest absolute Gasteiger partial charge is 0.326 e. The topological polar surface area (TPSA) is 49.4 Å². The van der Waals surface area contributed by atoms with E-state index in [9.17, 15) is 14.0 Å². The number of hydrogen-bond donors (Lipinski definition) is 1. The van der Waals surface area contributed by atoms with Crippen molar-refractivity contribution in [2.24, 2.45) is 5.92 Å². The Bertz CT molecular complexity index is 758. The number of aryl methyl sites for hydroxylation is 1. The summed E-state index contributed by atoms with van der Waals surface area (Å²) in [5.41, 5.74) is 2.51. The van der Waals surface area contributed by atoms with E-state index in [2.05, 4.69) is 12.2 Å². The zero-order valence-corrected chi connectivity index (χ0v) is 13.5. The maximum Gasteiger partial charge on any atom is 0.229 e. The number of hydrogen-bond acceptors (Lipinski definition) is 2. The molecule has 24 heavy (non-hydrogen) atoms. The monoisotopic (exact) mass is 326 g/mol. The van der Waals surface area contributed by atoms with Crippen LogP contribution in [0.3, 0.4) is 0 Å². The van der Waals surface area contributed by atoms with Crippen molar-refractivity contribution in [1.29, 1.82) is 0 Å². The fraction of sp³-hybridized carbons (Fsp3) is 0.263. The van der Waals surface area contributed by atoms with Crippen LogP contribution in [0.25, 0.3) is 0 Å². The summed E-state index contributed by atoms with van der Waals surface area (Å²) in [4.78, 5) is 26.3. The summed E-state index contributed by atoms with van der Waals surface area (Å²) in [5, 5.41) is 2.74. The number of anilines is 2. The molecule has 0 aliphatic carbocycles. The molecule has 0 saturated carbocycles. The second-order valence-corrected chi connectivity index (χ2v) is 5.92. The first kappa shape index (κ1) is 16.2. The van der Waals surface area contributed by atoms with Crippen molar-refractivity contribution < 1.29 is 14.0 Å². The predicted molar refractivity (Wildman–Crippen MR) is 91.3 cm³/mol. The number of halogens is 1. The summed E-state index contributed by atoms with van der Waals surface area (Å²) in [6, 6.07) is 13.4. The normalized spacial score (nSPS) is 17.2. The van der Waals surface area contributed by atoms with Crippen LogP contribution in [0.5, 0.6) is 0 Å². The second kappa shape index (κ2) is 6.83. The van der Waals surface area contributed by atoms with E-state index in [4.69, 9.17) is 0 Å². The molecule has 2 aromatic rings. The van der Waals surface area contributed by atoms with Crippen molar-refractivity contribution >= 4 is 23.2 Å². The number of carbonyl (C=O) groups is 2. The zero-order valence-electron chi connectivity index (χ0n) is 13.5. The standard InChI is InChI=1S/C19H19FN2O2/c1-2-13-4-3-5-17(10-13)22-12-14(11-18(22)23)19(24)21-16-8-6-15(20)7-9-16/h3-10,14H,2,11-12H2,1H3,(H,21,24)/t14-/m0/s1. The molecule has 5 heteroatoms. The molecule has 1 atom stereocenters. The van der Waals surface area contributed by atoms with Crippen LogP contribution < -0.4 is 10.2 Å². The summed E-state index contributed by atoms with van der Waals surface area (Å²) in [6.45, 7) is 2.42. The minimum Gasteiger partial charge on any atom is -0.326 e. The SMILES string of the molecule is CCc1cccc(N2C[C@@H](C(=O)Nc3ccc(F)cc3)CC2=O)c1. The zero-order chi connectivity index (χ0) is 17.1. The maximum atomic E-state index is 12.9. The second-order valence-electron chi connectivity index (χ2n) is 5.92. The lowest BCUT2D eigenvalue weighted by molar-refractivity contribution is -0.122. The highest BCUT2D eigenvalue weighted by Crippen LogP contribution is 2.27. The first-order chi connectivity index (χ1) is 11.6. The van der Waals surface area contributed by atoms with Crippen LogP contribution in [-0.2, 0) is 16.0 Å². The molecule has 0 bridgehead atoms. The van der Waals surface area contributed by atoms with Gasteiger partial charge in [0.05, 0.1) is 5.92 Å². The first-order valence-corrected chi connectivity index (χ1v) is 8.02. The lowest BCUT2D eigenvalue weighted by Gasteiger charge is -2.17. The lowest BCUT2D eigenvalue weighted by Crippen LogP contribution is -2.28. The van der Waals surface area contributed by atoms with Gasteiger partial charge in [0.2, 0.25) is 11.8 Å². The van der Waals surface area contributed by atoms with E-state index < -0.39 is 5.92 Å². The van der Waals surface area contributed by atoms with Crippen molar-refractivity contribution in [1.82, 2.24) is 0 Å². The summed E-state index contributed by atoms with van der Waals surface area (Å²) >= 11 is 0. The molecule has 1 aliphatic heterocycles. The Morgan fingerprint density at radius 3 is 2.71 bits per heavy atom. The summed E-state index contributed by atoms with van der Waals surface area (Å²) in [5.74, 6) is -1.04. The Kier molecular flexibility index (Phi) is 4.60. The maximum absolute atomic E-state index is 12.9. The molecule has 1 N–H and O–H groups in total. The third-order valence-corrected chi connectivity index (χ3v) is 4.24. The molecule has 2 amide bonds. The van der Waals surface area contributed by atoms with E-state index in [-0.39, 0.29) is 24.1 Å². The number of nitrogens with one attached hydrogen (secondary N) is 1. The Morgan fingerprint density at radius 2 is 2.00 bits per heavy atom. The number of benzene rings is 2. The Hall–Kier alpha value is -2.69. The van der Waals surface area contributed by atoms with Gasteiger partial charge in [-0.3, -0.25) is 9.59 Å². The summed E-state index contributed by atoms with van der Waals surface area (Å²) < 4.78 is 12.9. The van der Waals surface area contributed by atoms with Gasteiger partial charge in [-0.05, 0) is 48.4 Å². The van der Waals surface area contributed by atoms with Crippen molar-refractivity contribution in [2.75, 3.05) is 16.8 Å². The third kappa shape index (κ3) is 3.45. The van der Waals surface area contributed by atoms with Gasteiger partial charge in [-0.2, -0.15) is 0 Å². The molecule has 0 spiro atoms. The molecule has 0 radical (unpaired) electrons. The number of rotatable bonds is 4. The highest BCUT2D eigenvalue weighted by Gasteiger charge is 2.35. The van der Waals surface area contributed by atoms with Crippen LogP contribution in [0.1, 0.15) is 18.9 Å². The fourth-order valence-corrected chi connectivity index (χ4v) is 2.85. The van der Waals surface area contributed by atoms with E-state index in [1.165, 1.54) is 24.3 Å². The van der Waals surface area contributed by atoms with E-state index in [0.717, 1.165) is 17.7 Å². The third-order valence-electron chi connectivity index (χ3n) is 4.24. The summed E-state index contributed by atoms with van der Waals surface area (Å²) in [7, 11) is 0. The molecule has 3 rings (SSSR count). The van der Waals surface area contributed by atoms with Crippen molar-refractivity contribution in [3.05, 3.63) is 59.9 Å². The highest BCUT2D eigenvalue weighted by molar-refractivity contribution is 6.03. The van der Waals surface area contributed by atoms with E-state index in [1.54, 1.807) is 4.90 Å². The summed E-state index contributed by atoms with van der Waals surface area (Å²) in [6.07, 6.45) is 1.08. The van der Waals surface area contributed by atoms with E-state index >= 15 is 0 Å². The van der Waals surface area contributed by atoms with Crippen LogP contribution >= 0.6 is 0 Å². The van der Waals surface area contributed by atoms with Crippen LogP contribution in [0, 0.1) is 11.7 Å². The quantitative estimate of drug-likeness (QED) is 0.936. The number of carbonyl (C=O) groups excluding carboxylic acids is 2. The highest BCUT2D eigenvalue weighted by atomic mass is 19.1. The number of nitrogens with zero attached hydrogens (tertiary/aromatic N) is 1. The molecule has 0 unspecified atom stereocenters. The molecule has 1 saturated heterocycles. The van der Waals surface area contributed by atoms with Gasteiger partial charge in [0.1, 0.15) is 5.82 Å². The van der Waals surface area contributed by atoms with Gasteiger partial charge < -0.3 is 10.2 Å². The fourth-order valence-electron chi connectivity index (χ4n) is 2.85. The Morgan fingerprint density at radius 1 is 1.25 bits per heavy atom. The van der Waals surface area contributed by atoms with Crippen molar-refractivity contribution in [2.45, 2.75) is 19.8 Å². The molecule has 0 aromatic heterocycles. The van der Waals surface area contributed by atoms with Gasteiger partial charge in [-0.1, -0.05) is 19.1 Å².